The van der Waals surface area contributed by atoms with E-state index in [4.69, 9.17) is 0 Å². The summed E-state index contributed by atoms with van der Waals surface area (Å²) in [6.45, 7) is 13.4. The molecule has 2 rings (SSSR count). The van der Waals surface area contributed by atoms with Crippen LogP contribution in [0.15, 0.2) is 6.07 Å². The number of hydrogen-bond donors (Lipinski definition) is 1. The first kappa shape index (κ1) is 22.0. The van der Waals surface area contributed by atoms with Gasteiger partial charge in [-0.15, -0.1) is 0 Å². The zero-order valence-corrected chi connectivity index (χ0v) is 17.3. The van der Waals surface area contributed by atoms with Crippen molar-refractivity contribution in [2.45, 2.75) is 85.6 Å². The number of aryl methyl sites for hydroxylation is 1. The van der Waals surface area contributed by atoms with Crippen LogP contribution < -0.4 is 0 Å². The minimum absolute atomic E-state index is 0.000624. The van der Waals surface area contributed by atoms with Crippen molar-refractivity contribution in [2.24, 2.45) is 5.92 Å². The van der Waals surface area contributed by atoms with E-state index < -0.39 is 0 Å². The molecule has 0 radical (unpaired) electrons. The Morgan fingerprint density at radius 1 is 1.24 bits per heavy atom. The fourth-order valence-electron chi connectivity index (χ4n) is 3.63. The number of benzene rings is 1. The van der Waals surface area contributed by atoms with E-state index in [-0.39, 0.29) is 17.5 Å². The minimum Gasteiger partial charge on any atom is -0.508 e. The molecule has 144 valence electrons. The third kappa shape index (κ3) is 5.70. The van der Waals surface area contributed by atoms with Crippen LogP contribution in [0, 0.1) is 11.7 Å². The van der Waals surface area contributed by atoms with Crippen LogP contribution >= 0.6 is 0 Å². The molecule has 0 aliphatic heterocycles. The summed E-state index contributed by atoms with van der Waals surface area (Å²) in [5.74, 6) is 0.652. The second-order valence-electron chi connectivity index (χ2n) is 7.83. The smallest absolute Gasteiger partial charge is 0.133 e. The lowest BCUT2D eigenvalue weighted by Gasteiger charge is -2.28. The molecule has 1 atom stereocenters. The maximum absolute atomic E-state index is 15.0. The highest BCUT2D eigenvalue weighted by atomic mass is 19.1. The summed E-state index contributed by atoms with van der Waals surface area (Å²) in [5.41, 5.74) is 2.32. The van der Waals surface area contributed by atoms with E-state index >= 15 is 4.39 Å². The van der Waals surface area contributed by atoms with Gasteiger partial charge in [0.15, 0.2) is 0 Å². The Morgan fingerprint density at radius 3 is 2.44 bits per heavy atom. The van der Waals surface area contributed by atoms with Gasteiger partial charge in [0.2, 0.25) is 0 Å². The predicted molar refractivity (Wildman–Crippen MR) is 106 cm³/mol. The Bertz CT molecular complexity index is 539. The van der Waals surface area contributed by atoms with Gasteiger partial charge in [-0.2, -0.15) is 0 Å². The normalized spacial score (nSPS) is 17.3. The van der Waals surface area contributed by atoms with Crippen molar-refractivity contribution in [2.75, 3.05) is 13.6 Å². The molecule has 1 unspecified atom stereocenters. The van der Waals surface area contributed by atoms with E-state index in [0.29, 0.717) is 17.5 Å². The van der Waals surface area contributed by atoms with Crippen molar-refractivity contribution >= 4 is 0 Å². The number of rotatable bonds is 5. The van der Waals surface area contributed by atoms with E-state index in [9.17, 15) is 5.11 Å². The topological polar surface area (TPSA) is 23.5 Å². The summed E-state index contributed by atoms with van der Waals surface area (Å²) in [5, 5.41) is 10.2. The van der Waals surface area contributed by atoms with E-state index in [0.717, 1.165) is 43.4 Å². The fraction of sp³-hybridized carbons (Fsp3) is 0.727. The number of halogens is 1. The third-order valence-corrected chi connectivity index (χ3v) is 5.16. The minimum atomic E-state index is -0.167. The molecule has 3 heteroatoms. The second-order valence-corrected chi connectivity index (χ2v) is 7.83. The monoisotopic (exact) mass is 351 g/mol. The molecular formula is C22H38FNO. The number of phenolic OH excluding ortho intramolecular Hbond substituents is 1. The first-order chi connectivity index (χ1) is 11.8. The van der Waals surface area contributed by atoms with Crippen molar-refractivity contribution in [1.29, 1.82) is 0 Å². The Kier molecular flexibility index (Phi) is 8.92. The van der Waals surface area contributed by atoms with Crippen LogP contribution in [0.4, 0.5) is 4.39 Å². The quantitative estimate of drug-likeness (QED) is 0.667. The van der Waals surface area contributed by atoms with Crippen molar-refractivity contribution in [3.8, 4) is 5.75 Å². The van der Waals surface area contributed by atoms with Gasteiger partial charge in [0, 0.05) is 11.6 Å². The number of likely N-dealkylation sites (N-methyl/N-ethyl adjacent to an activating group) is 1. The first-order valence-electron chi connectivity index (χ1n) is 10.0. The standard InChI is InChI=1S/C20H32FNO.C2H6/c1-13(2)9-10-22(5)16-8-6-7-15-11-18(23)19(14(3)4)20(21)17(15)12-16;1-2/h11,13-14,16,23H,6-10,12H2,1-5H3;1-2H3. The van der Waals surface area contributed by atoms with Crippen LogP contribution in [0.3, 0.4) is 0 Å². The molecule has 0 fully saturated rings. The van der Waals surface area contributed by atoms with Gasteiger partial charge < -0.3 is 10.0 Å². The predicted octanol–water partition coefficient (Wildman–Crippen LogP) is 5.91. The van der Waals surface area contributed by atoms with Gasteiger partial charge in [0.1, 0.15) is 11.6 Å². The zero-order chi connectivity index (χ0) is 19.1. The van der Waals surface area contributed by atoms with Crippen LogP contribution in [-0.4, -0.2) is 29.6 Å². The lowest BCUT2D eigenvalue weighted by atomic mass is 9.92. The number of phenols is 1. The van der Waals surface area contributed by atoms with Crippen LogP contribution in [-0.2, 0) is 12.8 Å². The molecule has 1 aromatic carbocycles. The fourth-order valence-corrected chi connectivity index (χ4v) is 3.63. The molecular weight excluding hydrogens is 313 g/mol. The molecule has 0 spiro atoms. The Morgan fingerprint density at radius 2 is 1.88 bits per heavy atom. The van der Waals surface area contributed by atoms with Crippen molar-refractivity contribution in [3.05, 3.63) is 28.6 Å². The molecule has 1 aromatic rings. The number of aromatic hydroxyl groups is 1. The van der Waals surface area contributed by atoms with E-state index in [1.165, 1.54) is 6.42 Å². The van der Waals surface area contributed by atoms with Crippen LogP contribution in [0.25, 0.3) is 0 Å². The Labute approximate surface area is 154 Å². The zero-order valence-electron chi connectivity index (χ0n) is 17.3. The molecule has 1 aliphatic rings. The molecule has 25 heavy (non-hydrogen) atoms. The summed E-state index contributed by atoms with van der Waals surface area (Å²) in [6, 6.07) is 2.21. The number of nitrogens with zero attached hydrogens (tertiary/aromatic N) is 1. The number of hydrogen-bond acceptors (Lipinski definition) is 2. The van der Waals surface area contributed by atoms with Gasteiger partial charge in [-0.05, 0) is 74.7 Å². The second kappa shape index (κ2) is 10.2. The molecule has 0 heterocycles. The Hall–Kier alpha value is -1.09. The van der Waals surface area contributed by atoms with Crippen LogP contribution in [0.1, 0.15) is 83.4 Å². The highest BCUT2D eigenvalue weighted by Gasteiger charge is 2.26. The maximum atomic E-state index is 15.0. The average molecular weight is 352 g/mol. The summed E-state index contributed by atoms with van der Waals surface area (Å²) in [4.78, 5) is 2.40. The molecule has 1 aliphatic carbocycles. The van der Waals surface area contributed by atoms with Crippen LogP contribution in [0.2, 0.25) is 0 Å². The summed E-state index contributed by atoms with van der Waals surface area (Å²) in [6.07, 6.45) is 4.96. The van der Waals surface area contributed by atoms with Gasteiger partial charge in [-0.25, -0.2) is 4.39 Å². The van der Waals surface area contributed by atoms with Gasteiger partial charge in [-0.1, -0.05) is 41.5 Å². The van der Waals surface area contributed by atoms with Gasteiger partial charge in [0.25, 0.3) is 0 Å². The molecule has 2 nitrogen and oxygen atoms in total. The Balaban J connectivity index is 0.00000151. The maximum Gasteiger partial charge on any atom is 0.133 e. The van der Waals surface area contributed by atoms with Crippen molar-refractivity contribution in [3.63, 3.8) is 0 Å². The lowest BCUT2D eigenvalue weighted by Crippen LogP contribution is -2.34. The van der Waals surface area contributed by atoms with Gasteiger partial charge in [-0.3, -0.25) is 0 Å². The van der Waals surface area contributed by atoms with Gasteiger partial charge >= 0.3 is 0 Å². The summed E-state index contributed by atoms with van der Waals surface area (Å²) in [7, 11) is 2.17. The molecule has 0 saturated carbocycles. The van der Waals surface area contributed by atoms with E-state index in [1.54, 1.807) is 0 Å². The number of fused-ring (bicyclic) bond motifs is 1. The molecule has 0 saturated heterocycles. The highest BCUT2D eigenvalue weighted by molar-refractivity contribution is 5.46. The van der Waals surface area contributed by atoms with E-state index in [2.05, 4.69) is 25.8 Å². The summed E-state index contributed by atoms with van der Waals surface area (Å²) < 4.78 is 15.0. The third-order valence-electron chi connectivity index (χ3n) is 5.16. The van der Waals surface area contributed by atoms with Crippen LogP contribution in [0.5, 0.6) is 5.75 Å². The first-order valence-corrected chi connectivity index (χ1v) is 10.0. The highest BCUT2D eigenvalue weighted by Crippen LogP contribution is 2.36. The largest absolute Gasteiger partial charge is 0.508 e. The average Bonchev–Trinajstić information content (AvgIpc) is 2.76. The molecule has 0 bridgehead atoms. The van der Waals surface area contributed by atoms with Crippen molar-refractivity contribution in [1.82, 2.24) is 4.90 Å². The molecule has 0 amide bonds. The summed E-state index contributed by atoms with van der Waals surface area (Å²) >= 11 is 0. The lowest BCUT2D eigenvalue weighted by molar-refractivity contribution is 0.216. The van der Waals surface area contributed by atoms with Crippen molar-refractivity contribution < 1.29 is 9.50 Å². The van der Waals surface area contributed by atoms with E-state index in [1.807, 2.05) is 33.8 Å². The van der Waals surface area contributed by atoms with Gasteiger partial charge in [0.05, 0.1) is 0 Å². The molecule has 1 N–H and O–H groups in total. The molecule has 0 aromatic heterocycles. The SMILES string of the molecule is CC.CC(C)CCN(C)C1CCCc2cc(O)c(C(C)C)c(F)c2C1.